The van der Waals surface area contributed by atoms with Gasteiger partial charge in [-0.1, -0.05) is 13.8 Å². The fourth-order valence-corrected chi connectivity index (χ4v) is 1.50. The zero-order valence-corrected chi connectivity index (χ0v) is 10.5. The normalized spacial score (nSPS) is 10.8. The van der Waals surface area contributed by atoms with Gasteiger partial charge in [0.1, 0.15) is 5.82 Å². The Labute approximate surface area is 96.5 Å². The summed E-state index contributed by atoms with van der Waals surface area (Å²) in [5, 5.41) is 0.321. The molecule has 15 heavy (non-hydrogen) atoms. The minimum atomic E-state index is 0.321. The van der Waals surface area contributed by atoms with Gasteiger partial charge in [-0.2, -0.15) is 0 Å². The van der Waals surface area contributed by atoms with E-state index in [1.165, 1.54) is 0 Å². The van der Waals surface area contributed by atoms with Crippen LogP contribution in [-0.4, -0.2) is 23.6 Å². The molecule has 0 saturated heterocycles. The first-order valence-corrected chi connectivity index (χ1v) is 5.59. The molecule has 1 rings (SSSR count). The summed E-state index contributed by atoms with van der Waals surface area (Å²) in [5.74, 6) is 1.60. The highest BCUT2D eigenvalue weighted by Crippen LogP contribution is 2.14. The van der Waals surface area contributed by atoms with Crippen LogP contribution in [0, 0.1) is 12.8 Å². The van der Waals surface area contributed by atoms with E-state index in [0.29, 0.717) is 11.2 Å². The minimum absolute atomic E-state index is 0.321. The summed E-state index contributed by atoms with van der Waals surface area (Å²) in [5.41, 5.74) is 0.904. The van der Waals surface area contributed by atoms with Crippen molar-refractivity contribution in [1.82, 2.24) is 9.97 Å². The van der Waals surface area contributed by atoms with E-state index in [1.807, 2.05) is 20.0 Å². The van der Waals surface area contributed by atoms with Crippen molar-refractivity contribution in [3.63, 3.8) is 0 Å². The molecule has 0 aliphatic heterocycles. The van der Waals surface area contributed by atoms with Crippen molar-refractivity contribution in [1.29, 1.82) is 0 Å². The zero-order valence-electron chi connectivity index (χ0n) is 9.79. The van der Waals surface area contributed by atoms with Crippen molar-refractivity contribution in [3.8, 4) is 0 Å². The second-order valence-electron chi connectivity index (χ2n) is 4.24. The van der Waals surface area contributed by atoms with Gasteiger partial charge < -0.3 is 4.90 Å². The molecule has 0 fully saturated rings. The Bertz CT molecular complexity index is 305. The standard InChI is InChI=1S/C11H18ClN3/c1-8(2)5-6-15(4)10-7-9(3)13-11(12)14-10/h7-8H,5-6H2,1-4H3. The molecular weight excluding hydrogens is 210 g/mol. The van der Waals surface area contributed by atoms with Crippen LogP contribution in [0.15, 0.2) is 6.07 Å². The van der Waals surface area contributed by atoms with Crippen LogP contribution in [0.25, 0.3) is 0 Å². The number of halogens is 1. The highest BCUT2D eigenvalue weighted by molar-refractivity contribution is 6.28. The molecule has 0 aliphatic rings. The Balaban J connectivity index is 2.68. The third kappa shape index (κ3) is 4.04. The van der Waals surface area contributed by atoms with Gasteiger partial charge in [0.05, 0.1) is 0 Å². The molecule has 0 unspecified atom stereocenters. The van der Waals surface area contributed by atoms with Gasteiger partial charge in [0.2, 0.25) is 5.28 Å². The van der Waals surface area contributed by atoms with E-state index < -0.39 is 0 Å². The van der Waals surface area contributed by atoms with E-state index in [-0.39, 0.29) is 0 Å². The lowest BCUT2D eigenvalue weighted by atomic mass is 10.1. The Kier molecular flexibility index (Phi) is 4.33. The molecule has 1 aromatic heterocycles. The highest BCUT2D eigenvalue weighted by atomic mass is 35.5. The Hall–Kier alpha value is -0.830. The topological polar surface area (TPSA) is 29.0 Å². The smallest absolute Gasteiger partial charge is 0.224 e. The van der Waals surface area contributed by atoms with Crippen molar-refractivity contribution >= 4 is 17.4 Å². The maximum absolute atomic E-state index is 5.81. The van der Waals surface area contributed by atoms with Gasteiger partial charge in [0, 0.05) is 25.4 Å². The monoisotopic (exact) mass is 227 g/mol. The zero-order chi connectivity index (χ0) is 11.4. The average molecular weight is 228 g/mol. The molecule has 0 aromatic carbocycles. The maximum Gasteiger partial charge on any atom is 0.224 e. The van der Waals surface area contributed by atoms with Crippen LogP contribution in [0.5, 0.6) is 0 Å². The van der Waals surface area contributed by atoms with Gasteiger partial charge in [-0.3, -0.25) is 0 Å². The molecule has 0 spiro atoms. The lowest BCUT2D eigenvalue weighted by Crippen LogP contribution is -2.21. The number of rotatable bonds is 4. The van der Waals surface area contributed by atoms with Crippen molar-refractivity contribution in [2.75, 3.05) is 18.5 Å². The summed E-state index contributed by atoms with van der Waals surface area (Å²) >= 11 is 5.81. The van der Waals surface area contributed by atoms with E-state index in [9.17, 15) is 0 Å². The number of nitrogens with zero attached hydrogens (tertiary/aromatic N) is 3. The van der Waals surface area contributed by atoms with Crippen molar-refractivity contribution in [2.45, 2.75) is 27.2 Å². The fraction of sp³-hybridized carbons (Fsp3) is 0.636. The van der Waals surface area contributed by atoms with E-state index in [1.54, 1.807) is 0 Å². The summed E-state index contributed by atoms with van der Waals surface area (Å²) in [7, 11) is 2.03. The van der Waals surface area contributed by atoms with E-state index in [4.69, 9.17) is 11.6 Å². The molecule has 1 heterocycles. The minimum Gasteiger partial charge on any atom is -0.360 e. The van der Waals surface area contributed by atoms with Crippen LogP contribution in [0.1, 0.15) is 26.0 Å². The van der Waals surface area contributed by atoms with Gasteiger partial charge in [0.25, 0.3) is 0 Å². The predicted molar refractivity (Wildman–Crippen MR) is 64.5 cm³/mol. The number of anilines is 1. The lowest BCUT2D eigenvalue weighted by molar-refractivity contribution is 0.583. The van der Waals surface area contributed by atoms with Crippen LogP contribution >= 0.6 is 11.6 Å². The third-order valence-corrected chi connectivity index (χ3v) is 2.42. The van der Waals surface area contributed by atoms with Gasteiger partial charge in [-0.25, -0.2) is 9.97 Å². The first-order valence-electron chi connectivity index (χ1n) is 5.21. The van der Waals surface area contributed by atoms with Gasteiger partial charge in [0.15, 0.2) is 0 Å². The number of hydrogen-bond acceptors (Lipinski definition) is 3. The Morgan fingerprint density at radius 2 is 2.07 bits per heavy atom. The molecule has 0 radical (unpaired) electrons. The number of aryl methyl sites for hydroxylation is 1. The van der Waals surface area contributed by atoms with E-state index in [0.717, 1.165) is 24.5 Å². The van der Waals surface area contributed by atoms with Gasteiger partial charge >= 0.3 is 0 Å². The fourth-order valence-electron chi connectivity index (χ4n) is 1.28. The molecule has 0 amide bonds. The van der Waals surface area contributed by atoms with Crippen LogP contribution in [0.3, 0.4) is 0 Å². The number of aromatic nitrogens is 2. The predicted octanol–water partition coefficient (Wildman–Crippen LogP) is 2.92. The highest BCUT2D eigenvalue weighted by Gasteiger charge is 2.06. The molecule has 0 N–H and O–H groups in total. The molecule has 0 aliphatic carbocycles. The van der Waals surface area contributed by atoms with E-state index >= 15 is 0 Å². The van der Waals surface area contributed by atoms with Gasteiger partial charge in [-0.15, -0.1) is 0 Å². The van der Waals surface area contributed by atoms with Crippen molar-refractivity contribution < 1.29 is 0 Å². The first kappa shape index (κ1) is 12.2. The summed E-state index contributed by atoms with van der Waals surface area (Å²) in [6.07, 6.45) is 1.15. The molecule has 84 valence electrons. The second-order valence-corrected chi connectivity index (χ2v) is 4.58. The van der Waals surface area contributed by atoms with Crippen LogP contribution < -0.4 is 4.90 Å². The molecule has 0 saturated carbocycles. The molecular formula is C11H18ClN3. The largest absolute Gasteiger partial charge is 0.360 e. The summed E-state index contributed by atoms with van der Waals surface area (Å²) in [4.78, 5) is 10.3. The summed E-state index contributed by atoms with van der Waals surface area (Å²) in [6, 6.07) is 1.95. The quantitative estimate of drug-likeness (QED) is 0.741. The molecule has 0 atom stereocenters. The number of hydrogen-bond donors (Lipinski definition) is 0. The van der Waals surface area contributed by atoms with Crippen LogP contribution in [0.4, 0.5) is 5.82 Å². The Morgan fingerprint density at radius 1 is 1.40 bits per heavy atom. The third-order valence-electron chi connectivity index (χ3n) is 2.25. The van der Waals surface area contributed by atoms with E-state index in [2.05, 4.69) is 28.7 Å². The summed E-state index contributed by atoms with van der Waals surface area (Å²) in [6.45, 7) is 7.34. The van der Waals surface area contributed by atoms with Crippen LogP contribution in [0.2, 0.25) is 5.28 Å². The molecule has 0 bridgehead atoms. The Morgan fingerprint density at radius 3 is 2.60 bits per heavy atom. The molecule has 4 heteroatoms. The first-order chi connectivity index (χ1) is 6.99. The average Bonchev–Trinajstić information content (AvgIpc) is 2.12. The lowest BCUT2D eigenvalue weighted by Gasteiger charge is -2.19. The van der Waals surface area contributed by atoms with Crippen LogP contribution in [-0.2, 0) is 0 Å². The maximum atomic E-state index is 5.81. The van der Waals surface area contributed by atoms with Gasteiger partial charge in [-0.05, 0) is 30.9 Å². The van der Waals surface area contributed by atoms with Crippen molar-refractivity contribution in [2.24, 2.45) is 5.92 Å². The SMILES string of the molecule is Cc1cc(N(C)CCC(C)C)nc(Cl)n1. The summed E-state index contributed by atoms with van der Waals surface area (Å²) < 4.78 is 0. The molecule has 3 nitrogen and oxygen atoms in total. The molecule has 1 aromatic rings. The second kappa shape index (κ2) is 5.31. The van der Waals surface area contributed by atoms with Crippen molar-refractivity contribution in [3.05, 3.63) is 17.0 Å².